The maximum absolute atomic E-state index is 6.28. The number of allylic oxidation sites excluding steroid dienone is 8. The van der Waals surface area contributed by atoms with Gasteiger partial charge in [0.25, 0.3) is 0 Å². The molecule has 3 aromatic heterocycles. The molecule has 0 N–H and O–H groups in total. The van der Waals surface area contributed by atoms with Crippen molar-refractivity contribution in [1.82, 2.24) is 15.0 Å². The zero-order valence-electron chi connectivity index (χ0n) is 25.7. The fourth-order valence-electron chi connectivity index (χ4n) is 7.39. The lowest BCUT2D eigenvalue weighted by Crippen LogP contribution is -2.18. The first-order chi connectivity index (χ1) is 23.8. The molecule has 0 amide bonds. The van der Waals surface area contributed by atoms with E-state index in [9.17, 15) is 0 Å². The molecule has 0 saturated carbocycles. The van der Waals surface area contributed by atoms with Gasteiger partial charge in [-0.15, -0.1) is 11.3 Å². The number of hydrogen-bond acceptors (Lipinski definition) is 5. The van der Waals surface area contributed by atoms with Crippen molar-refractivity contribution in [3.63, 3.8) is 0 Å². The van der Waals surface area contributed by atoms with Crippen molar-refractivity contribution in [3.05, 3.63) is 169 Å². The highest BCUT2D eigenvalue weighted by atomic mass is 32.1. The van der Waals surface area contributed by atoms with Gasteiger partial charge in [0, 0.05) is 59.5 Å². The summed E-state index contributed by atoms with van der Waals surface area (Å²) in [5.41, 5.74) is 7.29. The summed E-state index contributed by atoms with van der Waals surface area (Å²) in [5.74, 6) is 2.26. The molecule has 0 saturated heterocycles. The van der Waals surface area contributed by atoms with Crippen molar-refractivity contribution in [2.24, 2.45) is 5.92 Å². The first-order valence-electron chi connectivity index (χ1n) is 16.2. The molecule has 5 aromatic carbocycles. The van der Waals surface area contributed by atoms with Crippen LogP contribution in [0.4, 0.5) is 0 Å². The Morgan fingerprint density at radius 1 is 0.542 bits per heavy atom. The van der Waals surface area contributed by atoms with Gasteiger partial charge in [-0.05, 0) is 35.4 Å². The molecule has 2 aliphatic carbocycles. The van der Waals surface area contributed by atoms with E-state index in [0.29, 0.717) is 17.5 Å². The second kappa shape index (κ2) is 10.8. The van der Waals surface area contributed by atoms with Crippen molar-refractivity contribution >= 4 is 59.0 Å². The van der Waals surface area contributed by atoms with Gasteiger partial charge in [-0.3, -0.25) is 0 Å². The molecule has 0 aliphatic heterocycles. The number of aromatic nitrogens is 3. The van der Waals surface area contributed by atoms with E-state index in [4.69, 9.17) is 19.4 Å². The van der Waals surface area contributed by atoms with Crippen LogP contribution in [-0.4, -0.2) is 15.0 Å². The van der Waals surface area contributed by atoms with Gasteiger partial charge in [0.15, 0.2) is 17.5 Å². The molecule has 2 atom stereocenters. The number of hydrogen-bond donors (Lipinski definition) is 0. The van der Waals surface area contributed by atoms with Crippen LogP contribution in [0.15, 0.2) is 162 Å². The predicted octanol–water partition coefficient (Wildman–Crippen LogP) is 11.3. The van der Waals surface area contributed by atoms with Gasteiger partial charge in [0.1, 0.15) is 11.2 Å². The van der Waals surface area contributed by atoms with Crippen LogP contribution in [0.2, 0.25) is 0 Å². The molecule has 0 spiro atoms. The summed E-state index contributed by atoms with van der Waals surface area (Å²) in [6, 6.07) is 40.0. The van der Waals surface area contributed by atoms with Crippen LogP contribution in [0.5, 0.6) is 0 Å². The molecule has 0 bridgehead atoms. The van der Waals surface area contributed by atoms with Crippen molar-refractivity contribution in [2.45, 2.75) is 5.92 Å². The third-order valence-corrected chi connectivity index (χ3v) is 10.8. The fraction of sp³-hybridized carbons (Fsp3) is 0.0465. The van der Waals surface area contributed by atoms with Gasteiger partial charge in [0.05, 0.1) is 0 Å². The van der Waals surface area contributed by atoms with Crippen LogP contribution in [0, 0.1) is 5.92 Å². The first-order valence-corrected chi connectivity index (χ1v) is 17.0. The highest BCUT2D eigenvalue weighted by Gasteiger charge is 2.31. The van der Waals surface area contributed by atoms with Crippen molar-refractivity contribution in [1.29, 1.82) is 0 Å². The molecule has 48 heavy (non-hydrogen) atoms. The molecule has 8 aromatic rings. The zero-order valence-corrected chi connectivity index (χ0v) is 26.6. The van der Waals surface area contributed by atoms with E-state index in [1.807, 2.05) is 30.3 Å². The average molecular weight is 634 g/mol. The Balaban J connectivity index is 1.16. The lowest BCUT2D eigenvalue weighted by atomic mass is 9.73. The standard InChI is InChI=1S/C43H27N3OS/c1-2-12-26(13-3-1)41-44-42(46-43(45-41)35-20-10-19-32-30-16-7-9-23-38(30)48-40(32)35)33-25-24-29(27-14-4-5-15-28(27)33)31-18-11-22-37-39(31)34-17-6-8-21-36(34)47-37/h1-25,27,29H. The summed E-state index contributed by atoms with van der Waals surface area (Å²) in [7, 11) is 0. The molecule has 2 aliphatic rings. The summed E-state index contributed by atoms with van der Waals surface area (Å²) in [4.78, 5) is 15.5. The van der Waals surface area contributed by atoms with E-state index in [1.54, 1.807) is 11.3 Å². The second-order valence-electron chi connectivity index (χ2n) is 12.3. The molecular weight excluding hydrogens is 607 g/mol. The normalized spacial score (nSPS) is 17.2. The predicted molar refractivity (Wildman–Crippen MR) is 198 cm³/mol. The molecule has 2 unspecified atom stereocenters. The van der Waals surface area contributed by atoms with Gasteiger partial charge in [-0.1, -0.05) is 127 Å². The smallest absolute Gasteiger partial charge is 0.165 e. The molecule has 4 nitrogen and oxygen atoms in total. The molecular formula is C43H27N3OS. The molecule has 0 fully saturated rings. The van der Waals surface area contributed by atoms with E-state index in [1.165, 1.54) is 36.7 Å². The van der Waals surface area contributed by atoms with Gasteiger partial charge in [-0.25, -0.2) is 15.0 Å². The van der Waals surface area contributed by atoms with Crippen LogP contribution in [0.25, 0.3) is 70.5 Å². The Labute approximate surface area is 280 Å². The maximum Gasteiger partial charge on any atom is 0.165 e. The minimum atomic E-state index is 0.112. The molecule has 3 heterocycles. The van der Waals surface area contributed by atoms with E-state index < -0.39 is 0 Å². The summed E-state index contributed by atoms with van der Waals surface area (Å²) < 4.78 is 8.72. The second-order valence-corrected chi connectivity index (χ2v) is 13.3. The monoisotopic (exact) mass is 633 g/mol. The van der Waals surface area contributed by atoms with Crippen LogP contribution in [0.1, 0.15) is 17.3 Å². The Morgan fingerprint density at radius 3 is 2.23 bits per heavy atom. The van der Waals surface area contributed by atoms with Crippen molar-refractivity contribution in [2.75, 3.05) is 0 Å². The van der Waals surface area contributed by atoms with E-state index in [-0.39, 0.29) is 11.8 Å². The SMILES string of the molecule is C1=CC2=C(c3nc(-c4ccccc4)nc(-c4cccc5c4sc4ccccc45)n3)C=CC(c3cccc4oc5ccccc5c34)C2C=C1. The van der Waals surface area contributed by atoms with E-state index in [2.05, 4.69) is 121 Å². The number of furan rings is 1. The van der Waals surface area contributed by atoms with Crippen LogP contribution >= 0.6 is 11.3 Å². The largest absolute Gasteiger partial charge is 0.456 e. The summed E-state index contributed by atoms with van der Waals surface area (Å²) in [6.45, 7) is 0. The quantitative estimate of drug-likeness (QED) is 0.193. The number of rotatable bonds is 4. The summed E-state index contributed by atoms with van der Waals surface area (Å²) in [5, 5.41) is 4.80. The van der Waals surface area contributed by atoms with Gasteiger partial charge < -0.3 is 4.42 Å². The number of thiophene rings is 1. The number of benzene rings is 5. The number of nitrogens with zero attached hydrogens (tertiary/aromatic N) is 3. The Morgan fingerprint density at radius 2 is 1.29 bits per heavy atom. The van der Waals surface area contributed by atoms with Gasteiger partial charge in [-0.2, -0.15) is 0 Å². The summed E-state index contributed by atoms with van der Waals surface area (Å²) >= 11 is 1.79. The van der Waals surface area contributed by atoms with Gasteiger partial charge in [0.2, 0.25) is 0 Å². The third-order valence-electron chi connectivity index (χ3n) is 9.58. The number of para-hydroxylation sites is 1. The van der Waals surface area contributed by atoms with Gasteiger partial charge >= 0.3 is 0 Å². The minimum Gasteiger partial charge on any atom is -0.456 e. The summed E-state index contributed by atoms with van der Waals surface area (Å²) in [6.07, 6.45) is 13.3. The molecule has 10 rings (SSSR count). The Hall–Kier alpha value is -5.91. The van der Waals surface area contributed by atoms with Crippen LogP contribution in [-0.2, 0) is 0 Å². The zero-order chi connectivity index (χ0) is 31.6. The van der Waals surface area contributed by atoms with Crippen molar-refractivity contribution in [3.8, 4) is 22.8 Å². The fourth-order valence-corrected chi connectivity index (χ4v) is 8.60. The van der Waals surface area contributed by atoms with Crippen LogP contribution < -0.4 is 0 Å². The highest BCUT2D eigenvalue weighted by Crippen LogP contribution is 2.46. The molecule has 0 radical (unpaired) electrons. The molecule has 226 valence electrons. The van der Waals surface area contributed by atoms with E-state index >= 15 is 0 Å². The highest BCUT2D eigenvalue weighted by molar-refractivity contribution is 7.26. The topological polar surface area (TPSA) is 51.8 Å². The van der Waals surface area contributed by atoms with Crippen molar-refractivity contribution < 1.29 is 4.42 Å². The van der Waals surface area contributed by atoms with Crippen LogP contribution in [0.3, 0.4) is 0 Å². The Bertz CT molecular complexity index is 2690. The average Bonchev–Trinajstić information content (AvgIpc) is 3.73. The number of fused-ring (bicyclic) bond motifs is 7. The van der Waals surface area contributed by atoms with E-state index in [0.717, 1.165) is 33.3 Å². The first kappa shape index (κ1) is 27.2. The maximum atomic E-state index is 6.28. The third kappa shape index (κ3) is 4.25. The minimum absolute atomic E-state index is 0.112. The molecule has 5 heteroatoms. The lowest BCUT2D eigenvalue weighted by Gasteiger charge is -2.30. The Kier molecular flexibility index (Phi) is 6.14. The lowest BCUT2D eigenvalue weighted by molar-refractivity contribution is 0.662.